The van der Waals surface area contributed by atoms with Crippen molar-refractivity contribution in [2.24, 2.45) is 5.73 Å². The summed E-state index contributed by atoms with van der Waals surface area (Å²) in [5.41, 5.74) is 10.2. The molecule has 1 aliphatic rings. The fourth-order valence-corrected chi connectivity index (χ4v) is 3.30. The summed E-state index contributed by atoms with van der Waals surface area (Å²) in [7, 11) is 0. The van der Waals surface area contributed by atoms with Gasteiger partial charge in [-0.15, -0.1) is 0 Å². The molecule has 1 unspecified atom stereocenters. The highest BCUT2D eigenvalue weighted by atomic mass is 14.7. The summed E-state index contributed by atoms with van der Waals surface area (Å²) < 4.78 is 0. The van der Waals surface area contributed by atoms with Gasteiger partial charge >= 0.3 is 0 Å². The van der Waals surface area contributed by atoms with Crippen LogP contribution in [0.15, 0.2) is 42.5 Å². The van der Waals surface area contributed by atoms with Crippen molar-refractivity contribution in [3.05, 3.63) is 48.0 Å². The van der Waals surface area contributed by atoms with Crippen molar-refractivity contribution in [2.75, 3.05) is 0 Å². The summed E-state index contributed by atoms with van der Waals surface area (Å²) in [5.74, 6) is 0. The molecular weight excluding hydrogens is 232 g/mol. The number of hydrogen-bond donors (Lipinski definition) is 2. The van der Waals surface area contributed by atoms with Crippen molar-refractivity contribution in [1.82, 2.24) is 4.98 Å². The molecule has 1 saturated carbocycles. The van der Waals surface area contributed by atoms with Crippen molar-refractivity contribution in [3.8, 4) is 0 Å². The number of H-pyrrole nitrogens is 1. The Bertz CT molecular complexity index is 763. The molecule has 1 heterocycles. The third-order valence-corrected chi connectivity index (χ3v) is 4.74. The zero-order chi connectivity index (χ0) is 13.0. The summed E-state index contributed by atoms with van der Waals surface area (Å²) in [5, 5.41) is 2.62. The van der Waals surface area contributed by atoms with Crippen LogP contribution in [0.1, 0.15) is 25.3 Å². The molecule has 1 atom stereocenters. The quantitative estimate of drug-likeness (QED) is 0.715. The minimum atomic E-state index is 0.229. The van der Waals surface area contributed by atoms with Gasteiger partial charge in [0.15, 0.2) is 0 Å². The van der Waals surface area contributed by atoms with Crippen LogP contribution in [0.3, 0.4) is 0 Å². The molecule has 0 aliphatic heterocycles. The summed E-state index contributed by atoms with van der Waals surface area (Å²) in [6.45, 7) is 2.13. The summed E-state index contributed by atoms with van der Waals surface area (Å²) in [4.78, 5) is 3.48. The lowest BCUT2D eigenvalue weighted by molar-refractivity contribution is 0.557. The predicted molar refractivity (Wildman–Crippen MR) is 80.4 cm³/mol. The second-order valence-corrected chi connectivity index (χ2v) is 5.88. The second-order valence-electron chi connectivity index (χ2n) is 5.88. The molecule has 1 aromatic heterocycles. The molecule has 0 bridgehead atoms. The standard InChI is InChI=1S/C17H18N2/c1-11(18)17(8-9-17)12-6-7-16-14(10-12)13-4-2-3-5-15(13)19-16/h2-7,10-11,19H,8-9,18H2,1H3. The Balaban J connectivity index is 1.98. The summed E-state index contributed by atoms with van der Waals surface area (Å²) in [6.07, 6.45) is 2.44. The van der Waals surface area contributed by atoms with Gasteiger partial charge in [0.1, 0.15) is 0 Å². The third-order valence-electron chi connectivity index (χ3n) is 4.74. The fraction of sp³-hybridized carbons (Fsp3) is 0.294. The first-order valence-corrected chi connectivity index (χ1v) is 6.97. The monoisotopic (exact) mass is 250 g/mol. The predicted octanol–water partition coefficient (Wildman–Crippen LogP) is 3.70. The smallest absolute Gasteiger partial charge is 0.0465 e. The molecule has 1 fully saturated rings. The maximum atomic E-state index is 6.19. The van der Waals surface area contributed by atoms with Gasteiger partial charge in [-0.3, -0.25) is 0 Å². The normalized spacial score (nSPS) is 18.8. The highest BCUT2D eigenvalue weighted by Gasteiger charge is 2.47. The zero-order valence-corrected chi connectivity index (χ0v) is 11.1. The largest absolute Gasteiger partial charge is 0.355 e. The molecule has 1 aliphatic carbocycles. The topological polar surface area (TPSA) is 41.8 Å². The van der Waals surface area contributed by atoms with Crippen LogP contribution >= 0.6 is 0 Å². The third kappa shape index (κ3) is 1.47. The molecule has 3 N–H and O–H groups in total. The van der Waals surface area contributed by atoms with Gasteiger partial charge in [-0.05, 0) is 43.5 Å². The van der Waals surface area contributed by atoms with Gasteiger partial charge in [0.2, 0.25) is 0 Å². The first-order chi connectivity index (χ1) is 9.21. The van der Waals surface area contributed by atoms with Crippen LogP contribution in [0, 0.1) is 0 Å². The molecular formula is C17H18N2. The number of rotatable bonds is 2. The van der Waals surface area contributed by atoms with Crippen LogP contribution < -0.4 is 5.73 Å². The van der Waals surface area contributed by atoms with E-state index in [0.29, 0.717) is 0 Å². The number of hydrogen-bond acceptors (Lipinski definition) is 1. The molecule has 0 radical (unpaired) electrons. The molecule has 4 rings (SSSR count). The number of para-hydroxylation sites is 1. The number of benzene rings is 2. The van der Waals surface area contributed by atoms with Gasteiger partial charge < -0.3 is 10.7 Å². The second kappa shape index (κ2) is 3.61. The van der Waals surface area contributed by atoms with Crippen molar-refractivity contribution in [3.63, 3.8) is 0 Å². The first-order valence-electron chi connectivity index (χ1n) is 6.97. The Morgan fingerprint density at radius 3 is 2.53 bits per heavy atom. The van der Waals surface area contributed by atoms with Crippen LogP contribution in [-0.2, 0) is 5.41 Å². The van der Waals surface area contributed by atoms with E-state index in [1.165, 1.54) is 40.2 Å². The van der Waals surface area contributed by atoms with E-state index in [-0.39, 0.29) is 11.5 Å². The molecule has 0 saturated heterocycles. The minimum absolute atomic E-state index is 0.229. The molecule has 96 valence electrons. The van der Waals surface area contributed by atoms with Gasteiger partial charge in [0, 0.05) is 33.3 Å². The van der Waals surface area contributed by atoms with Crippen molar-refractivity contribution >= 4 is 21.8 Å². The fourth-order valence-electron chi connectivity index (χ4n) is 3.30. The summed E-state index contributed by atoms with van der Waals surface area (Å²) in [6, 6.07) is 15.5. The van der Waals surface area contributed by atoms with E-state index in [9.17, 15) is 0 Å². The number of nitrogens with two attached hydrogens (primary N) is 1. The SMILES string of the molecule is CC(N)C1(c2ccc3[nH]c4ccccc4c3c2)CC1. The Kier molecular flexibility index (Phi) is 2.10. The van der Waals surface area contributed by atoms with Crippen LogP contribution in [0.5, 0.6) is 0 Å². The Labute approximate surface area is 112 Å². The van der Waals surface area contributed by atoms with E-state index < -0.39 is 0 Å². The Morgan fingerprint density at radius 2 is 1.79 bits per heavy atom. The van der Waals surface area contributed by atoms with E-state index in [1.54, 1.807) is 0 Å². The number of aromatic amines is 1. The molecule has 19 heavy (non-hydrogen) atoms. The lowest BCUT2D eigenvalue weighted by atomic mass is 9.88. The molecule has 3 aromatic rings. The molecule has 0 amide bonds. The van der Waals surface area contributed by atoms with Crippen LogP contribution in [-0.4, -0.2) is 11.0 Å². The first kappa shape index (κ1) is 11.1. The van der Waals surface area contributed by atoms with Gasteiger partial charge in [0.25, 0.3) is 0 Å². The maximum absolute atomic E-state index is 6.19. The zero-order valence-electron chi connectivity index (χ0n) is 11.1. The molecule has 2 heteroatoms. The van der Waals surface area contributed by atoms with Gasteiger partial charge in [0.05, 0.1) is 0 Å². The van der Waals surface area contributed by atoms with Gasteiger partial charge in [-0.1, -0.05) is 24.3 Å². The van der Waals surface area contributed by atoms with E-state index in [2.05, 4.69) is 54.4 Å². The Morgan fingerprint density at radius 1 is 1.05 bits per heavy atom. The van der Waals surface area contributed by atoms with Crippen molar-refractivity contribution < 1.29 is 0 Å². The maximum Gasteiger partial charge on any atom is 0.0465 e. The number of fused-ring (bicyclic) bond motifs is 3. The van der Waals surface area contributed by atoms with Gasteiger partial charge in [-0.2, -0.15) is 0 Å². The Hall–Kier alpha value is -1.80. The molecule has 2 nitrogen and oxygen atoms in total. The number of aromatic nitrogens is 1. The van der Waals surface area contributed by atoms with Gasteiger partial charge in [-0.25, -0.2) is 0 Å². The van der Waals surface area contributed by atoms with Crippen LogP contribution in [0.4, 0.5) is 0 Å². The van der Waals surface area contributed by atoms with E-state index in [4.69, 9.17) is 5.73 Å². The average Bonchev–Trinajstić information content (AvgIpc) is 3.15. The molecule has 0 spiro atoms. The lowest BCUT2D eigenvalue weighted by Gasteiger charge is -2.20. The van der Waals surface area contributed by atoms with Crippen LogP contribution in [0.25, 0.3) is 21.8 Å². The summed E-state index contributed by atoms with van der Waals surface area (Å²) >= 11 is 0. The average molecular weight is 250 g/mol. The highest BCUT2D eigenvalue weighted by Crippen LogP contribution is 2.51. The van der Waals surface area contributed by atoms with E-state index in [0.717, 1.165) is 0 Å². The highest BCUT2D eigenvalue weighted by molar-refractivity contribution is 6.07. The lowest BCUT2D eigenvalue weighted by Crippen LogP contribution is -2.31. The van der Waals surface area contributed by atoms with Crippen molar-refractivity contribution in [1.29, 1.82) is 0 Å². The van der Waals surface area contributed by atoms with E-state index >= 15 is 0 Å². The minimum Gasteiger partial charge on any atom is -0.355 e. The molecule has 2 aromatic carbocycles. The van der Waals surface area contributed by atoms with E-state index in [1.807, 2.05) is 0 Å². The number of nitrogens with one attached hydrogen (secondary N) is 1. The van der Waals surface area contributed by atoms with Crippen LogP contribution in [0.2, 0.25) is 0 Å². The van der Waals surface area contributed by atoms with Crippen molar-refractivity contribution in [2.45, 2.75) is 31.2 Å².